The number of rotatable bonds is 3. The molecule has 0 bridgehead atoms. The minimum Gasteiger partial charge on any atom is -0.352 e. The number of nitrogens with one attached hydrogen (secondary N) is 1. The predicted octanol–water partition coefficient (Wildman–Crippen LogP) is 1.65. The van der Waals surface area contributed by atoms with E-state index in [1.807, 2.05) is 19.1 Å². The van der Waals surface area contributed by atoms with E-state index in [4.69, 9.17) is 0 Å². The van der Waals surface area contributed by atoms with E-state index in [-0.39, 0.29) is 18.0 Å². The van der Waals surface area contributed by atoms with Gasteiger partial charge in [0, 0.05) is 21.8 Å². The lowest BCUT2D eigenvalue weighted by Gasteiger charge is -2.06. The lowest BCUT2D eigenvalue weighted by atomic mass is 10.3. The molecule has 1 aliphatic rings. The van der Waals surface area contributed by atoms with Gasteiger partial charge < -0.3 is 9.88 Å². The molecule has 0 spiro atoms. The number of hydrogen-bond donors (Lipinski definition) is 1. The Morgan fingerprint density at radius 1 is 1.56 bits per heavy atom. The molecule has 0 unspecified atom stereocenters. The SMILES string of the molecule is Cc1cc2c(=O)n(CC(=O)NC3CC3)ccc2s1. The topological polar surface area (TPSA) is 51.1 Å². The second-order valence-corrected chi connectivity index (χ2v) is 6.01. The van der Waals surface area contributed by atoms with Gasteiger partial charge in [-0.15, -0.1) is 11.3 Å². The molecule has 3 rings (SSSR count). The van der Waals surface area contributed by atoms with Gasteiger partial charge >= 0.3 is 0 Å². The maximum absolute atomic E-state index is 12.2. The highest BCUT2D eigenvalue weighted by molar-refractivity contribution is 7.18. The Morgan fingerprint density at radius 3 is 3.06 bits per heavy atom. The summed E-state index contributed by atoms with van der Waals surface area (Å²) in [6, 6.07) is 4.12. The molecule has 1 saturated carbocycles. The summed E-state index contributed by atoms with van der Waals surface area (Å²) in [5.41, 5.74) is -0.0807. The fourth-order valence-electron chi connectivity index (χ4n) is 1.98. The number of fused-ring (bicyclic) bond motifs is 1. The van der Waals surface area contributed by atoms with Gasteiger partial charge in [0.1, 0.15) is 6.54 Å². The third-order valence-corrected chi connectivity index (χ3v) is 4.05. The smallest absolute Gasteiger partial charge is 0.259 e. The summed E-state index contributed by atoms with van der Waals surface area (Å²) < 4.78 is 2.46. The molecule has 0 radical (unpaired) electrons. The first-order valence-electron chi connectivity index (χ1n) is 6.02. The van der Waals surface area contributed by atoms with Crippen molar-refractivity contribution < 1.29 is 4.79 Å². The molecule has 18 heavy (non-hydrogen) atoms. The van der Waals surface area contributed by atoms with E-state index in [9.17, 15) is 9.59 Å². The van der Waals surface area contributed by atoms with Crippen LogP contribution in [0.1, 0.15) is 17.7 Å². The van der Waals surface area contributed by atoms with Gasteiger partial charge in [-0.05, 0) is 31.9 Å². The lowest BCUT2D eigenvalue weighted by molar-refractivity contribution is -0.121. The Balaban J connectivity index is 1.89. The van der Waals surface area contributed by atoms with E-state index in [1.165, 1.54) is 4.57 Å². The Labute approximate surface area is 108 Å². The number of nitrogens with zero attached hydrogens (tertiary/aromatic N) is 1. The summed E-state index contributed by atoms with van der Waals surface area (Å²) in [6.45, 7) is 2.09. The van der Waals surface area contributed by atoms with Crippen molar-refractivity contribution in [3.05, 3.63) is 33.6 Å². The van der Waals surface area contributed by atoms with Crippen LogP contribution in [-0.2, 0) is 11.3 Å². The van der Waals surface area contributed by atoms with Crippen molar-refractivity contribution in [2.24, 2.45) is 0 Å². The Morgan fingerprint density at radius 2 is 2.33 bits per heavy atom. The van der Waals surface area contributed by atoms with Crippen LogP contribution in [0.4, 0.5) is 0 Å². The molecular formula is C13H14N2O2S. The number of carbonyl (C=O) groups excluding carboxylic acids is 1. The van der Waals surface area contributed by atoms with E-state index in [2.05, 4.69) is 5.32 Å². The van der Waals surface area contributed by atoms with Crippen LogP contribution in [0.15, 0.2) is 23.1 Å². The van der Waals surface area contributed by atoms with Crippen molar-refractivity contribution in [3.63, 3.8) is 0 Å². The normalized spacial score (nSPS) is 14.9. The number of thiophene rings is 1. The maximum atomic E-state index is 12.2. The summed E-state index contributed by atoms with van der Waals surface area (Å²) in [7, 11) is 0. The Bertz CT molecular complexity index is 667. The lowest BCUT2D eigenvalue weighted by Crippen LogP contribution is -2.33. The van der Waals surface area contributed by atoms with Crippen molar-refractivity contribution in [1.29, 1.82) is 0 Å². The summed E-state index contributed by atoms with van der Waals surface area (Å²) in [4.78, 5) is 25.0. The second-order valence-electron chi connectivity index (χ2n) is 4.73. The molecule has 1 fully saturated rings. The number of aromatic nitrogens is 1. The van der Waals surface area contributed by atoms with Crippen molar-refractivity contribution in [1.82, 2.24) is 9.88 Å². The van der Waals surface area contributed by atoms with Gasteiger partial charge in [-0.3, -0.25) is 9.59 Å². The zero-order chi connectivity index (χ0) is 12.7. The first-order chi connectivity index (χ1) is 8.63. The van der Waals surface area contributed by atoms with Crippen LogP contribution in [-0.4, -0.2) is 16.5 Å². The average molecular weight is 262 g/mol. The Hall–Kier alpha value is -1.62. The molecule has 0 atom stereocenters. The molecule has 1 N–H and O–H groups in total. The first kappa shape index (κ1) is 11.5. The van der Waals surface area contributed by atoms with Crippen LogP contribution in [0.25, 0.3) is 10.1 Å². The van der Waals surface area contributed by atoms with Gasteiger partial charge in [0.05, 0.1) is 5.39 Å². The van der Waals surface area contributed by atoms with Crippen molar-refractivity contribution in [2.45, 2.75) is 32.4 Å². The van der Waals surface area contributed by atoms with Crippen molar-refractivity contribution in [3.8, 4) is 0 Å². The van der Waals surface area contributed by atoms with Crippen LogP contribution < -0.4 is 10.9 Å². The highest BCUT2D eigenvalue weighted by Crippen LogP contribution is 2.21. The molecule has 94 valence electrons. The van der Waals surface area contributed by atoms with Crippen LogP contribution in [0.3, 0.4) is 0 Å². The van der Waals surface area contributed by atoms with E-state index < -0.39 is 0 Å². The van der Waals surface area contributed by atoms with Gasteiger partial charge in [-0.2, -0.15) is 0 Å². The van der Waals surface area contributed by atoms with E-state index in [1.54, 1.807) is 17.5 Å². The van der Waals surface area contributed by atoms with E-state index in [0.29, 0.717) is 11.4 Å². The Kier molecular flexibility index (Phi) is 2.70. The number of aryl methyl sites for hydroxylation is 1. The fraction of sp³-hybridized carbons (Fsp3) is 0.385. The highest BCUT2D eigenvalue weighted by Gasteiger charge is 2.23. The monoisotopic (exact) mass is 262 g/mol. The van der Waals surface area contributed by atoms with Gasteiger partial charge in [0.2, 0.25) is 5.91 Å². The summed E-state index contributed by atoms with van der Waals surface area (Å²) >= 11 is 1.60. The molecule has 5 heteroatoms. The zero-order valence-corrected chi connectivity index (χ0v) is 10.9. The number of carbonyl (C=O) groups is 1. The van der Waals surface area contributed by atoms with Gasteiger partial charge in [0.25, 0.3) is 5.56 Å². The molecule has 1 aliphatic carbocycles. The zero-order valence-electron chi connectivity index (χ0n) is 10.1. The van der Waals surface area contributed by atoms with Crippen LogP contribution in [0.2, 0.25) is 0 Å². The number of hydrogen-bond acceptors (Lipinski definition) is 3. The first-order valence-corrected chi connectivity index (χ1v) is 6.84. The molecular weight excluding hydrogens is 248 g/mol. The average Bonchev–Trinajstić information content (AvgIpc) is 3.03. The minimum absolute atomic E-state index is 0.0779. The molecule has 4 nitrogen and oxygen atoms in total. The molecule has 0 aliphatic heterocycles. The summed E-state index contributed by atoms with van der Waals surface area (Å²) in [5.74, 6) is -0.0779. The summed E-state index contributed by atoms with van der Waals surface area (Å²) in [6.07, 6.45) is 3.82. The highest BCUT2D eigenvalue weighted by atomic mass is 32.1. The van der Waals surface area contributed by atoms with E-state index >= 15 is 0 Å². The molecule has 0 saturated heterocycles. The van der Waals surface area contributed by atoms with E-state index in [0.717, 1.165) is 22.4 Å². The van der Waals surface area contributed by atoms with Crippen molar-refractivity contribution >= 4 is 27.3 Å². The predicted molar refractivity (Wildman–Crippen MR) is 72.0 cm³/mol. The fourth-order valence-corrected chi connectivity index (χ4v) is 2.89. The largest absolute Gasteiger partial charge is 0.352 e. The van der Waals surface area contributed by atoms with Gasteiger partial charge in [0.15, 0.2) is 0 Å². The maximum Gasteiger partial charge on any atom is 0.259 e. The van der Waals surface area contributed by atoms with Gasteiger partial charge in [-0.25, -0.2) is 0 Å². The molecule has 2 heterocycles. The summed E-state index contributed by atoms with van der Waals surface area (Å²) in [5, 5.41) is 3.59. The minimum atomic E-state index is -0.0807. The third kappa shape index (κ3) is 2.18. The molecule has 0 aromatic carbocycles. The van der Waals surface area contributed by atoms with Crippen LogP contribution in [0, 0.1) is 6.92 Å². The second kappa shape index (κ2) is 4.24. The molecule has 1 amide bonds. The molecule has 2 aromatic heterocycles. The van der Waals surface area contributed by atoms with Crippen LogP contribution in [0.5, 0.6) is 0 Å². The van der Waals surface area contributed by atoms with Gasteiger partial charge in [-0.1, -0.05) is 0 Å². The number of pyridine rings is 1. The third-order valence-electron chi connectivity index (χ3n) is 3.04. The standard InChI is InChI=1S/C13H14N2O2S/c1-8-6-10-11(18-8)4-5-15(13(10)17)7-12(16)14-9-2-3-9/h4-6,9H,2-3,7H2,1H3,(H,14,16). The number of amides is 1. The van der Waals surface area contributed by atoms with Crippen molar-refractivity contribution in [2.75, 3.05) is 0 Å². The quantitative estimate of drug-likeness (QED) is 0.914. The molecule has 2 aromatic rings. The van der Waals surface area contributed by atoms with Crippen LogP contribution >= 0.6 is 11.3 Å².